The van der Waals surface area contributed by atoms with E-state index in [2.05, 4.69) is 0 Å². The molecule has 0 aliphatic heterocycles. The zero-order chi connectivity index (χ0) is 21.9. The normalized spacial score (nSPS) is 20.6. The molecule has 2 aromatic rings. The highest BCUT2D eigenvalue weighted by Gasteiger charge is 2.45. The molecule has 0 saturated heterocycles. The summed E-state index contributed by atoms with van der Waals surface area (Å²) >= 11 is 0. The van der Waals surface area contributed by atoms with Gasteiger partial charge in [-0.3, -0.25) is 0 Å². The number of benzene rings is 2. The molecule has 1 saturated carbocycles. The molecule has 0 heterocycles. The van der Waals surface area contributed by atoms with Crippen LogP contribution in [0.15, 0.2) is 24.3 Å². The Bertz CT molecular complexity index is 845. The lowest BCUT2D eigenvalue weighted by molar-refractivity contribution is 0.0253. The summed E-state index contributed by atoms with van der Waals surface area (Å²) in [5.41, 5.74) is 0.517. The first kappa shape index (κ1) is 21.9. The zero-order valence-electron chi connectivity index (χ0n) is 18.4. The highest BCUT2D eigenvalue weighted by Crippen LogP contribution is 2.54. The fourth-order valence-electron chi connectivity index (χ4n) is 4.41. The van der Waals surface area contributed by atoms with Gasteiger partial charge >= 0.3 is 0 Å². The number of ether oxygens (including phenoxy) is 6. The van der Waals surface area contributed by atoms with Gasteiger partial charge in [0.1, 0.15) is 0 Å². The molecular formula is C23H30O7. The van der Waals surface area contributed by atoms with Gasteiger partial charge in [0.25, 0.3) is 0 Å². The summed E-state index contributed by atoms with van der Waals surface area (Å²) in [4.78, 5) is 0. The average molecular weight is 418 g/mol. The van der Waals surface area contributed by atoms with Gasteiger partial charge in [0, 0.05) is 5.92 Å². The van der Waals surface area contributed by atoms with E-state index in [1.807, 2.05) is 24.3 Å². The van der Waals surface area contributed by atoms with E-state index in [1.54, 1.807) is 42.7 Å². The lowest BCUT2D eigenvalue weighted by atomic mass is 9.79. The largest absolute Gasteiger partial charge is 0.493 e. The van der Waals surface area contributed by atoms with Crippen molar-refractivity contribution >= 4 is 0 Å². The van der Waals surface area contributed by atoms with E-state index >= 15 is 0 Å². The van der Waals surface area contributed by atoms with Crippen LogP contribution in [-0.4, -0.2) is 47.8 Å². The molecule has 2 unspecified atom stereocenters. The van der Waals surface area contributed by atoms with Gasteiger partial charge < -0.3 is 33.5 Å². The van der Waals surface area contributed by atoms with Crippen molar-refractivity contribution in [3.63, 3.8) is 0 Å². The van der Waals surface area contributed by atoms with Crippen molar-refractivity contribution < 1.29 is 33.5 Å². The quantitative estimate of drug-likeness (QED) is 0.697. The molecule has 1 aliphatic carbocycles. The summed E-state index contributed by atoms with van der Waals surface area (Å²) in [6, 6.07) is 7.44. The van der Waals surface area contributed by atoms with Crippen molar-refractivity contribution in [1.82, 2.24) is 0 Å². The Morgan fingerprint density at radius 3 is 1.53 bits per heavy atom. The summed E-state index contributed by atoms with van der Waals surface area (Å²) in [6.07, 6.45) is 2.28. The maximum absolute atomic E-state index is 11.9. The van der Waals surface area contributed by atoms with Gasteiger partial charge in [0.05, 0.1) is 48.3 Å². The first-order valence-corrected chi connectivity index (χ1v) is 9.80. The summed E-state index contributed by atoms with van der Waals surface area (Å²) in [7, 11) is 9.43. The average Bonchev–Trinajstić information content (AvgIpc) is 3.19. The van der Waals surface area contributed by atoms with Gasteiger partial charge in [-0.05, 0) is 54.7 Å². The fourth-order valence-corrected chi connectivity index (χ4v) is 4.41. The van der Waals surface area contributed by atoms with Crippen LogP contribution in [0.5, 0.6) is 34.5 Å². The summed E-state index contributed by atoms with van der Waals surface area (Å²) in [6.45, 7) is 0. The zero-order valence-corrected chi connectivity index (χ0v) is 18.4. The Hall–Kier alpha value is -2.80. The first-order chi connectivity index (χ1) is 14.5. The number of hydrogen-bond acceptors (Lipinski definition) is 7. The van der Waals surface area contributed by atoms with Crippen molar-refractivity contribution in [1.29, 1.82) is 0 Å². The minimum atomic E-state index is -1.11. The molecule has 30 heavy (non-hydrogen) atoms. The van der Waals surface area contributed by atoms with E-state index in [9.17, 15) is 5.11 Å². The maximum Gasteiger partial charge on any atom is 0.203 e. The maximum atomic E-state index is 11.9. The highest BCUT2D eigenvalue weighted by atomic mass is 16.5. The summed E-state index contributed by atoms with van der Waals surface area (Å²) < 4.78 is 32.9. The molecule has 164 valence electrons. The van der Waals surface area contributed by atoms with Gasteiger partial charge in [0.15, 0.2) is 23.0 Å². The van der Waals surface area contributed by atoms with E-state index < -0.39 is 5.60 Å². The minimum absolute atomic E-state index is 0.172. The molecule has 7 nitrogen and oxygen atoms in total. The molecule has 7 heteroatoms. The van der Waals surface area contributed by atoms with E-state index in [0.29, 0.717) is 46.5 Å². The van der Waals surface area contributed by atoms with Gasteiger partial charge in [-0.2, -0.15) is 0 Å². The van der Waals surface area contributed by atoms with Crippen LogP contribution in [0, 0.1) is 0 Å². The third-order valence-corrected chi connectivity index (χ3v) is 5.88. The van der Waals surface area contributed by atoms with Crippen LogP contribution in [0.4, 0.5) is 0 Å². The molecule has 1 fully saturated rings. The second kappa shape index (κ2) is 8.92. The molecule has 0 spiro atoms. The van der Waals surface area contributed by atoms with Crippen molar-refractivity contribution in [3.8, 4) is 34.5 Å². The molecule has 0 bridgehead atoms. The van der Waals surface area contributed by atoms with Crippen molar-refractivity contribution in [2.24, 2.45) is 0 Å². The SMILES string of the molecule is COc1cc(C2CCCC2(O)c2cc(OC)c(OC)c(OC)c2)cc(OC)c1OC. The van der Waals surface area contributed by atoms with Crippen LogP contribution in [0.1, 0.15) is 36.3 Å². The van der Waals surface area contributed by atoms with E-state index in [0.717, 1.165) is 18.4 Å². The van der Waals surface area contributed by atoms with Crippen LogP contribution >= 0.6 is 0 Å². The molecule has 0 amide bonds. The van der Waals surface area contributed by atoms with Crippen molar-refractivity contribution in [3.05, 3.63) is 35.4 Å². The molecule has 0 aromatic heterocycles. The monoisotopic (exact) mass is 418 g/mol. The molecule has 0 radical (unpaired) electrons. The first-order valence-electron chi connectivity index (χ1n) is 9.80. The Balaban J connectivity index is 2.13. The number of hydrogen-bond donors (Lipinski definition) is 1. The third-order valence-electron chi connectivity index (χ3n) is 5.88. The molecular weight excluding hydrogens is 388 g/mol. The molecule has 2 atom stereocenters. The topological polar surface area (TPSA) is 75.6 Å². The van der Waals surface area contributed by atoms with Gasteiger partial charge in [-0.15, -0.1) is 0 Å². The van der Waals surface area contributed by atoms with E-state index in [1.165, 1.54) is 0 Å². The fraction of sp³-hybridized carbons (Fsp3) is 0.478. The van der Waals surface area contributed by atoms with Crippen LogP contribution in [0.2, 0.25) is 0 Å². The van der Waals surface area contributed by atoms with Crippen LogP contribution in [-0.2, 0) is 5.60 Å². The molecule has 3 rings (SSSR count). The van der Waals surface area contributed by atoms with Crippen molar-refractivity contribution in [2.75, 3.05) is 42.7 Å². The minimum Gasteiger partial charge on any atom is -0.493 e. The van der Waals surface area contributed by atoms with Crippen molar-refractivity contribution in [2.45, 2.75) is 30.8 Å². The van der Waals surface area contributed by atoms with Gasteiger partial charge in [-0.1, -0.05) is 0 Å². The standard InChI is InChI=1S/C23H30O7/c1-25-17-10-14(11-18(26-2)21(17)29-5)16-8-7-9-23(16,24)15-12-19(27-3)22(30-6)20(13-15)28-4/h10-13,16,24H,7-9H2,1-6H3. The van der Waals surface area contributed by atoms with Gasteiger partial charge in [0.2, 0.25) is 11.5 Å². The molecule has 2 aromatic carbocycles. The van der Waals surface area contributed by atoms with Crippen LogP contribution in [0.25, 0.3) is 0 Å². The lowest BCUT2D eigenvalue weighted by Gasteiger charge is -2.32. The Labute approximate surface area is 177 Å². The Morgan fingerprint density at radius 1 is 0.700 bits per heavy atom. The second-order valence-electron chi connectivity index (χ2n) is 7.24. The van der Waals surface area contributed by atoms with Gasteiger partial charge in [-0.25, -0.2) is 0 Å². The number of aliphatic hydroxyl groups is 1. The summed E-state index contributed by atoms with van der Waals surface area (Å²) in [5.74, 6) is 2.99. The van der Waals surface area contributed by atoms with Crippen LogP contribution < -0.4 is 28.4 Å². The Kier molecular flexibility index (Phi) is 6.51. The number of rotatable bonds is 8. The predicted octanol–water partition coefficient (Wildman–Crippen LogP) is 3.89. The third kappa shape index (κ3) is 3.58. The molecule has 1 aliphatic rings. The Morgan fingerprint density at radius 2 is 1.13 bits per heavy atom. The smallest absolute Gasteiger partial charge is 0.203 e. The number of methoxy groups -OCH3 is 6. The lowest BCUT2D eigenvalue weighted by Crippen LogP contribution is -2.29. The predicted molar refractivity (Wildman–Crippen MR) is 113 cm³/mol. The second-order valence-corrected chi connectivity index (χ2v) is 7.24. The molecule has 1 N–H and O–H groups in total. The highest BCUT2D eigenvalue weighted by molar-refractivity contribution is 5.57. The summed E-state index contributed by atoms with van der Waals surface area (Å²) in [5, 5.41) is 11.9. The van der Waals surface area contributed by atoms with Crippen LogP contribution in [0.3, 0.4) is 0 Å². The van der Waals surface area contributed by atoms with E-state index in [-0.39, 0.29) is 5.92 Å². The van der Waals surface area contributed by atoms with E-state index in [4.69, 9.17) is 28.4 Å².